The summed E-state index contributed by atoms with van der Waals surface area (Å²) in [4.78, 5) is 18.4. The van der Waals surface area contributed by atoms with Crippen molar-refractivity contribution >= 4 is 46.4 Å². The zero-order valence-electron chi connectivity index (χ0n) is 36.7. The fourth-order valence-corrected chi connectivity index (χ4v) is 8.23. The first-order valence-electron chi connectivity index (χ1n) is 20.4. The SMILES string of the molecule is COc1cc(OC)cc(-c2c3nc(c(-c4cc(OC)cc(OC)c4)c4ccc([nH]4)c(-c4cc(OC)cc(OC)c4)c4ccc([nH]4)c(-c4cc(OC)cc(OC)c4)c4nc2C=C4)C=C3)c1. The molecule has 12 nitrogen and oxygen atoms in total. The summed E-state index contributed by atoms with van der Waals surface area (Å²) in [6.45, 7) is 0. The van der Waals surface area contributed by atoms with Crippen molar-refractivity contribution in [2.75, 3.05) is 56.9 Å². The number of methoxy groups -OCH3 is 8. The van der Waals surface area contributed by atoms with Gasteiger partial charge in [0.05, 0.1) is 79.7 Å². The predicted octanol–water partition coefficient (Wildman–Crippen LogP) is 11.4. The Morgan fingerprint density at radius 1 is 0.281 bits per heavy atom. The first-order valence-corrected chi connectivity index (χ1v) is 20.4. The number of hydrogen-bond acceptors (Lipinski definition) is 10. The van der Waals surface area contributed by atoms with E-state index < -0.39 is 0 Å². The molecule has 0 fully saturated rings. The third-order valence-corrected chi connectivity index (χ3v) is 11.3. The van der Waals surface area contributed by atoms with Crippen LogP contribution in [-0.2, 0) is 0 Å². The first-order chi connectivity index (χ1) is 31.3. The van der Waals surface area contributed by atoms with Gasteiger partial charge in [-0.3, -0.25) is 0 Å². The van der Waals surface area contributed by atoms with Gasteiger partial charge in [-0.05, 0) is 119 Å². The highest BCUT2D eigenvalue weighted by Gasteiger charge is 2.22. The standard InChI is InChI=1S/C52H46N4O8/c1-57-33-17-29(18-34(25-33)58-2)49-41-9-11-43(53-41)50(30-19-35(59-3)26-36(20-30)60-4)45-13-15-47(55-45)52(32-23-39(63-7)28-40(24-32)64-8)48-16-14-46(56-48)51(44-12-10-42(49)54-44)31-21-37(61-5)27-38(22-31)62-6/h9-28,53-54H,1-8H3. The minimum atomic E-state index is 0.623. The number of ether oxygens (including phenoxy) is 8. The highest BCUT2D eigenvalue weighted by molar-refractivity contribution is 6.01. The van der Waals surface area contributed by atoms with E-state index in [4.69, 9.17) is 47.9 Å². The molecular formula is C52H46N4O8. The topological polar surface area (TPSA) is 131 Å². The Bertz CT molecular complexity index is 2940. The molecule has 0 saturated heterocycles. The lowest BCUT2D eigenvalue weighted by Crippen LogP contribution is -1.94. The van der Waals surface area contributed by atoms with Crippen molar-refractivity contribution in [1.82, 2.24) is 19.9 Å². The Kier molecular flexibility index (Phi) is 11.2. The number of aromatic amines is 2. The molecule has 64 heavy (non-hydrogen) atoms. The van der Waals surface area contributed by atoms with Crippen molar-refractivity contribution in [3.05, 3.63) is 120 Å². The largest absolute Gasteiger partial charge is 0.497 e. The average Bonchev–Trinajstić information content (AvgIpc) is 4.19. The van der Waals surface area contributed by atoms with Crippen LogP contribution >= 0.6 is 0 Å². The Morgan fingerprint density at radius 2 is 0.500 bits per heavy atom. The van der Waals surface area contributed by atoms with E-state index in [9.17, 15) is 0 Å². The Morgan fingerprint density at radius 3 is 0.766 bits per heavy atom. The van der Waals surface area contributed by atoms with Crippen molar-refractivity contribution in [3.8, 4) is 90.5 Å². The smallest absolute Gasteiger partial charge is 0.123 e. The molecule has 0 radical (unpaired) electrons. The van der Waals surface area contributed by atoms with Crippen LogP contribution in [0, 0.1) is 0 Å². The molecule has 0 unspecified atom stereocenters. The van der Waals surface area contributed by atoms with Gasteiger partial charge in [0.25, 0.3) is 0 Å². The Labute approximate surface area is 370 Å². The number of aromatic nitrogens is 4. The zero-order valence-corrected chi connectivity index (χ0v) is 36.7. The number of nitrogens with one attached hydrogen (secondary N) is 2. The molecule has 12 heteroatoms. The summed E-state index contributed by atoms with van der Waals surface area (Å²) in [5, 5.41) is 0. The van der Waals surface area contributed by atoms with Crippen molar-refractivity contribution < 1.29 is 37.9 Å². The number of fused-ring (bicyclic) bond motifs is 8. The monoisotopic (exact) mass is 854 g/mol. The molecule has 2 aliphatic rings. The maximum absolute atomic E-state index is 5.79. The molecule has 0 saturated carbocycles. The Balaban J connectivity index is 1.50. The highest BCUT2D eigenvalue weighted by atomic mass is 16.5. The van der Waals surface area contributed by atoms with E-state index in [0.29, 0.717) is 68.8 Å². The van der Waals surface area contributed by atoms with E-state index >= 15 is 0 Å². The maximum Gasteiger partial charge on any atom is 0.123 e. The van der Waals surface area contributed by atoms with Crippen LogP contribution in [0.15, 0.2) is 97.1 Å². The second-order valence-corrected chi connectivity index (χ2v) is 14.9. The average molecular weight is 855 g/mol. The summed E-state index contributed by atoms with van der Waals surface area (Å²) >= 11 is 0. The number of rotatable bonds is 12. The molecule has 0 atom stereocenters. The molecule has 322 valence electrons. The summed E-state index contributed by atoms with van der Waals surface area (Å²) in [5.74, 6) is 5.05. The van der Waals surface area contributed by atoms with Crippen LogP contribution in [0.25, 0.3) is 90.9 Å². The third kappa shape index (κ3) is 7.70. The maximum atomic E-state index is 5.79. The van der Waals surface area contributed by atoms with Gasteiger partial charge >= 0.3 is 0 Å². The van der Waals surface area contributed by atoms with E-state index in [1.807, 2.05) is 97.1 Å². The van der Waals surface area contributed by atoms with Gasteiger partial charge < -0.3 is 47.9 Å². The second kappa shape index (κ2) is 17.3. The Hall–Kier alpha value is -8.12. The fraction of sp³-hybridized carbons (Fsp3) is 0.154. The van der Waals surface area contributed by atoms with Crippen LogP contribution < -0.4 is 37.9 Å². The first kappa shape index (κ1) is 41.2. The molecule has 2 aliphatic heterocycles. The number of H-pyrrole nitrogens is 2. The van der Waals surface area contributed by atoms with Crippen molar-refractivity contribution in [3.63, 3.8) is 0 Å². The van der Waals surface area contributed by atoms with Gasteiger partial charge in [-0.2, -0.15) is 0 Å². The van der Waals surface area contributed by atoms with Gasteiger partial charge in [0.1, 0.15) is 46.0 Å². The van der Waals surface area contributed by atoms with Gasteiger partial charge in [-0.1, -0.05) is 0 Å². The summed E-state index contributed by atoms with van der Waals surface area (Å²) in [6, 6.07) is 31.5. The lowest BCUT2D eigenvalue weighted by Gasteiger charge is -2.11. The van der Waals surface area contributed by atoms with Gasteiger partial charge in [-0.25, -0.2) is 9.97 Å². The normalized spacial score (nSPS) is 11.6. The van der Waals surface area contributed by atoms with E-state index in [1.54, 1.807) is 56.9 Å². The number of nitrogens with zero attached hydrogens (tertiary/aromatic N) is 2. The minimum Gasteiger partial charge on any atom is -0.497 e. The van der Waals surface area contributed by atoms with Gasteiger partial charge in [0, 0.05) is 68.6 Å². The summed E-state index contributed by atoms with van der Waals surface area (Å²) in [6.07, 6.45) is 8.06. The predicted molar refractivity (Wildman–Crippen MR) is 253 cm³/mol. The molecule has 9 rings (SSSR count). The molecule has 4 aromatic carbocycles. The summed E-state index contributed by atoms with van der Waals surface area (Å²) in [5.41, 5.74) is 12.6. The van der Waals surface area contributed by atoms with Crippen molar-refractivity contribution in [1.29, 1.82) is 0 Å². The van der Waals surface area contributed by atoms with Crippen LogP contribution in [0.5, 0.6) is 46.0 Å². The zero-order chi connectivity index (χ0) is 44.5. The van der Waals surface area contributed by atoms with E-state index in [2.05, 4.69) is 34.2 Å². The quantitative estimate of drug-likeness (QED) is 0.122. The van der Waals surface area contributed by atoms with Crippen molar-refractivity contribution in [2.45, 2.75) is 0 Å². The van der Waals surface area contributed by atoms with E-state index in [-0.39, 0.29) is 0 Å². The number of benzene rings is 4. The molecular weight excluding hydrogens is 809 g/mol. The second-order valence-electron chi connectivity index (χ2n) is 14.9. The van der Waals surface area contributed by atoms with E-state index in [1.165, 1.54) is 0 Å². The summed E-state index contributed by atoms with van der Waals surface area (Å²) in [7, 11) is 13.1. The fourth-order valence-electron chi connectivity index (χ4n) is 8.23. The molecule has 7 aromatic rings. The highest BCUT2D eigenvalue weighted by Crippen LogP contribution is 2.43. The van der Waals surface area contributed by atoms with Gasteiger partial charge in [0.2, 0.25) is 0 Å². The lowest BCUT2D eigenvalue weighted by atomic mass is 10.0. The third-order valence-electron chi connectivity index (χ3n) is 11.3. The van der Waals surface area contributed by atoms with Crippen LogP contribution in [0.3, 0.4) is 0 Å². The van der Waals surface area contributed by atoms with E-state index in [0.717, 1.165) is 66.6 Å². The molecule has 2 N–H and O–H groups in total. The molecule has 8 bridgehead atoms. The molecule has 0 aliphatic carbocycles. The minimum absolute atomic E-state index is 0.623. The molecule has 5 heterocycles. The van der Waals surface area contributed by atoms with Crippen LogP contribution in [-0.4, -0.2) is 76.8 Å². The van der Waals surface area contributed by atoms with Gasteiger partial charge in [-0.15, -0.1) is 0 Å². The van der Waals surface area contributed by atoms with Crippen LogP contribution in [0.2, 0.25) is 0 Å². The van der Waals surface area contributed by atoms with Crippen molar-refractivity contribution in [2.24, 2.45) is 0 Å². The van der Waals surface area contributed by atoms with Gasteiger partial charge in [0.15, 0.2) is 0 Å². The number of hydrogen-bond donors (Lipinski definition) is 2. The van der Waals surface area contributed by atoms with Crippen LogP contribution in [0.4, 0.5) is 0 Å². The molecule has 0 spiro atoms. The summed E-state index contributed by atoms with van der Waals surface area (Å²) < 4.78 is 46.3. The van der Waals surface area contributed by atoms with Crippen LogP contribution in [0.1, 0.15) is 22.8 Å². The molecule has 3 aromatic heterocycles. The lowest BCUT2D eigenvalue weighted by molar-refractivity contribution is 0.394. The molecule has 0 amide bonds.